The van der Waals surface area contributed by atoms with E-state index in [2.05, 4.69) is 20.7 Å². The van der Waals surface area contributed by atoms with E-state index in [1.807, 2.05) is 0 Å². The van der Waals surface area contributed by atoms with Crippen LogP contribution in [0.4, 0.5) is 5.00 Å². The maximum Gasteiger partial charge on any atom is 0.341 e. The molecule has 0 aromatic carbocycles. The van der Waals surface area contributed by atoms with Crippen LogP contribution in [0.3, 0.4) is 0 Å². The number of sulfonamides is 1. The SMILES string of the molecule is CCOC(=O)c1ccsc1NS(=O)(=O)CBr. The lowest BCUT2D eigenvalue weighted by Gasteiger charge is -2.05. The third-order valence-electron chi connectivity index (χ3n) is 1.55. The van der Waals surface area contributed by atoms with Gasteiger partial charge >= 0.3 is 5.97 Å². The van der Waals surface area contributed by atoms with Crippen molar-refractivity contribution in [3.05, 3.63) is 17.0 Å². The fourth-order valence-corrected chi connectivity index (χ4v) is 2.91. The Morgan fingerprint density at radius 3 is 2.88 bits per heavy atom. The lowest BCUT2D eigenvalue weighted by Crippen LogP contribution is -2.15. The van der Waals surface area contributed by atoms with Gasteiger partial charge in [-0.25, -0.2) is 13.2 Å². The van der Waals surface area contributed by atoms with Crippen molar-refractivity contribution < 1.29 is 17.9 Å². The molecule has 1 N–H and O–H groups in total. The molecule has 0 fully saturated rings. The Morgan fingerprint density at radius 2 is 2.31 bits per heavy atom. The molecule has 1 aromatic heterocycles. The molecule has 1 rings (SSSR count). The van der Waals surface area contributed by atoms with Crippen molar-refractivity contribution in [3.63, 3.8) is 0 Å². The van der Waals surface area contributed by atoms with Crippen LogP contribution >= 0.6 is 27.3 Å². The molecule has 0 aliphatic rings. The van der Waals surface area contributed by atoms with E-state index >= 15 is 0 Å². The second kappa shape index (κ2) is 5.65. The number of alkyl halides is 1. The molecule has 16 heavy (non-hydrogen) atoms. The van der Waals surface area contributed by atoms with E-state index in [1.165, 1.54) is 6.07 Å². The van der Waals surface area contributed by atoms with Gasteiger partial charge in [-0.1, -0.05) is 15.9 Å². The standard InChI is InChI=1S/C8H10BrNO4S2/c1-2-14-8(11)6-3-4-15-7(6)10-16(12,13)5-9/h3-4,10H,2,5H2,1H3. The molecule has 5 nitrogen and oxygen atoms in total. The molecular weight excluding hydrogens is 318 g/mol. The number of hydrogen-bond donors (Lipinski definition) is 1. The van der Waals surface area contributed by atoms with Crippen molar-refractivity contribution >= 4 is 48.3 Å². The molecular formula is C8H10BrNO4S2. The summed E-state index contributed by atoms with van der Waals surface area (Å²) in [7, 11) is -3.44. The Kier molecular flexibility index (Phi) is 4.75. The fraction of sp³-hybridized carbons (Fsp3) is 0.375. The highest BCUT2D eigenvalue weighted by Crippen LogP contribution is 2.25. The highest BCUT2D eigenvalue weighted by molar-refractivity contribution is 9.10. The minimum Gasteiger partial charge on any atom is -0.462 e. The molecule has 0 aliphatic carbocycles. The van der Waals surface area contributed by atoms with Gasteiger partial charge in [0, 0.05) is 0 Å². The largest absolute Gasteiger partial charge is 0.462 e. The minimum absolute atomic E-state index is 0.222. The molecule has 0 atom stereocenters. The number of nitrogens with one attached hydrogen (secondary N) is 1. The Balaban J connectivity index is 2.91. The maximum atomic E-state index is 11.4. The first-order valence-corrected chi connectivity index (χ1v) is 7.96. The van der Waals surface area contributed by atoms with Gasteiger partial charge in [0.15, 0.2) is 0 Å². The number of carbonyl (C=O) groups is 1. The van der Waals surface area contributed by atoms with Crippen molar-refractivity contribution in [2.45, 2.75) is 6.92 Å². The number of carbonyl (C=O) groups excluding carboxylic acids is 1. The van der Waals surface area contributed by atoms with E-state index in [0.717, 1.165) is 11.3 Å². The monoisotopic (exact) mass is 327 g/mol. The summed E-state index contributed by atoms with van der Waals surface area (Å²) in [5.41, 5.74) is 0.233. The van der Waals surface area contributed by atoms with Gasteiger partial charge in [0.05, 0.1) is 12.2 Å². The highest BCUT2D eigenvalue weighted by Gasteiger charge is 2.17. The van der Waals surface area contributed by atoms with Gasteiger partial charge in [-0.3, -0.25) is 4.72 Å². The van der Waals surface area contributed by atoms with Crippen LogP contribution in [0.2, 0.25) is 0 Å². The highest BCUT2D eigenvalue weighted by atomic mass is 79.9. The predicted molar refractivity (Wildman–Crippen MR) is 66.6 cm³/mol. The van der Waals surface area contributed by atoms with Gasteiger partial charge in [-0.2, -0.15) is 0 Å². The summed E-state index contributed by atoms with van der Waals surface area (Å²) in [6.45, 7) is 1.94. The van der Waals surface area contributed by atoms with Gasteiger partial charge in [0.25, 0.3) is 0 Å². The number of esters is 1. The van der Waals surface area contributed by atoms with Crippen LogP contribution in [0.15, 0.2) is 11.4 Å². The van der Waals surface area contributed by atoms with Gasteiger partial charge in [0.1, 0.15) is 9.66 Å². The first-order valence-electron chi connectivity index (χ1n) is 4.31. The molecule has 1 aromatic rings. The lowest BCUT2D eigenvalue weighted by molar-refractivity contribution is 0.0528. The van der Waals surface area contributed by atoms with Crippen LogP contribution in [0.5, 0.6) is 0 Å². The molecule has 0 spiro atoms. The topological polar surface area (TPSA) is 72.5 Å². The molecule has 1 heterocycles. The van der Waals surface area contributed by atoms with E-state index in [4.69, 9.17) is 4.74 Å². The number of anilines is 1. The van der Waals surface area contributed by atoms with Gasteiger partial charge in [-0.15, -0.1) is 11.3 Å². The predicted octanol–water partition coefficient (Wildman–Crippen LogP) is 2.02. The molecule has 0 amide bonds. The summed E-state index contributed by atoms with van der Waals surface area (Å²) in [5, 5.41) is 1.90. The van der Waals surface area contributed by atoms with Crippen molar-refractivity contribution in [1.29, 1.82) is 0 Å². The smallest absolute Gasteiger partial charge is 0.341 e. The molecule has 0 saturated heterocycles. The van der Waals surface area contributed by atoms with Crippen LogP contribution in [0.25, 0.3) is 0 Å². The van der Waals surface area contributed by atoms with E-state index < -0.39 is 16.0 Å². The van der Waals surface area contributed by atoms with Crippen LogP contribution in [-0.4, -0.2) is 25.7 Å². The Morgan fingerprint density at radius 1 is 1.62 bits per heavy atom. The maximum absolute atomic E-state index is 11.4. The zero-order chi connectivity index (χ0) is 12.2. The number of hydrogen-bond acceptors (Lipinski definition) is 5. The van der Waals surface area contributed by atoms with Crippen LogP contribution in [0, 0.1) is 0 Å². The summed E-state index contributed by atoms with van der Waals surface area (Å²) < 4.78 is 29.5. The van der Waals surface area contributed by atoms with Crippen molar-refractivity contribution in [1.82, 2.24) is 0 Å². The molecule has 0 radical (unpaired) electrons. The van der Waals surface area contributed by atoms with Crippen LogP contribution < -0.4 is 4.72 Å². The third-order valence-corrected chi connectivity index (χ3v) is 5.12. The number of ether oxygens (including phenoxy) is 1. The Bertz CT molecular complexity index is 468. The van der Waals surface area contributed by atoms with Gasteiger partial charge in [-0.05, 0) is 18.4 Å². The first kappa shape index (κ1) is 13.5. The fourth-order valence-electron chi connectivity index (χ4n) is 0.926. The van der Waals surface area contributed by atoms with E-state index in [0.29, 0.717) is 0 Å². The van der Waals surface area contributed by atoms with Crippen LogP contribution in [0.1, 0.15) is 17.3 Å². The molecule has 90 valence electrons. The second-order valence-electron chi connectivity index (χ2n) is 2.71. The summed E-state index contributed by atoms with van der Waals surface area (Å²) >= 11 is 3.98. The molecule has 0 unspecified atom stereocenters. The van der Waals surface area contributed by atoms with E-state index in [-0.39, 0.29) is 21.8 Å². The average Bonchev–Trinajstić information content (AvgIpc) is 2.65. The minimum atomic E-state index is -3.44. The van der Waals surface area contributed by atoms with Crippen molar-refractivity contribution in [2.75, 3.05) is 16.0 Å². The van der Waals surface area contributed by atoms with Gasteiger partial charge in [0.2, 0.25) is 10.0 Å². The van der Waals surface area contributed by atoms with Crippen molar-refractivity contribution in [3.8, 4) is 0 Å². The summed E-state index contributed by atoms with van der Waals surface area (Å²) in [4.78, 5) is 11.4. The third kappa shape index (κ3) is 3.46. The zero-order valence-electron chi connectivity index (χ0n) is 8.40. The molecule has 0 saturated carbocycles. The summed E-state index contributed by atoms with van der Waals surface area (Å²) in [5.74, 6) is -0.531. The summed E-state index contributed by atoms with van der Waals surface area (Å²) in [6, 6.07) is 1.52. The second-order valence-corrected chi connectivity index (χ2v) is 6.65. The number of thiophene rings is 1. The molecule has 8 heteroatoms. The Labute approximate surface area is 106 Å². The molecule has 0 bridgehead atoms. The van der Waals surface area contributed by atoms with E-state index in [9.17, 15) is 13.2 Å². The molecule has 0 aliphatic heterocycles. The van der Waals surface area contributed by atoms with Crippen LogP contribution in [-0.2, 0) is 14.8 Å². The quantitative estimate of drug-likeness (QED) is 0.663. The summed E-state index contributed by atoms with van der Waals surface area (Å²) in [6.07, 6.45) is 0. The van der Waals surface area contributed by atoms with Gasteiger partial charge < -0.3 is 4.74 Å². The number of rotatable bonds is 5. The van der Waals surface area contributed by atoms with Crippen molar-refractivity contribution in [2.24, 2.45) is 0 Å². The zero-order valence-corrected chi connectivity index (χ0v) is 11.6. The number of halogens is 1. The lowest BCUT2D eigenvalue weighted by atomic mass is 10.3. The average molecular weight is 328 g/mol. The van der Waals surface area contributed by atoms with E-state index in [1.54, 1.807) is 12.3 Å². The normalized spacial score (nSPS) is 11.1. The first-order chi connectivity index (χ1) is 7.50. The Hall–Kier alpha value is -0.600.